The summed E-state index contributed by atoms with van der Waals surface area (Å²) in [5.74, 6) is 1.61. The van der Waals surface area contributed by atoms with Gasteiger partial charge in [0.05, 0.1) is 0 Å². The van der Waals surface area contributed by atoms with Gasteiger partial charge < -0.3 is 4.74 Å². The lowest BCUT2D eigenvalue weighted by Crippen LogP contribution is -2.57. The molecule has 4 heteroatoms. The molecule has 0 heterocycles. The third kappa shape index (κ3) is 2.74. The molecule has 0 aromatic carbocycles. The van der Waals surface area contributed by atoms with Gasteiger partial charge in [0.2, 0.25) is 0 Å². The predicted octanol–water partition coefficient (Wildman–Crippen LogP) is 4.27. The molecule has 7 atom stereocenters. The summed E-state index contributed by atoms with van der Waals surface area (Å²) in [4.78, 5) is 36.4. The number of carbonyl (C=O) groups excluding carboxylic acids is 3. The Balaban J connectivity index is 1.77. The van der Waals surface area contributed by atoms with E-state index in [0.717, 1.165) is 38.5 Å². The van der Waals surface area contributed by atoms with E-state index in [4.69, 9.17) is 4.74 Å². The molecule has 0 spiro atoms. The van der Waals surface area contributed by atoms with Crippen molar-refractivity contribution in [3.63, 3.8) is 0 Å². The maximum atomic E-state index is 12.4. The average Bonchev–Trinajstić information content (AvgIpc) is 2.91. The minimum atomic E-state index is -0.232. The Morgan fingerprint density at radius 1 is 1.11 bits per heavy atom. The van der Waals surface area contributed by atoms with Crippen LogP contribution in [0, 0.1) is 34.5 Å². The van der Waals surface area contributed by atoms with Crippen LogP contribution in [-0.2, 0) is 19.1 Å². The highest BCUT2D eigenvalue weighted by Gasteiger charge is 2.63. The predicted molar refractivity (Wildman–Crippen MR) is 102 cm³/mol. The molecule has 3 fully saturated rings. The zero-order chi connectivity index (χ0) is 19.6. The van der Waals surface area contributed by atoms with Crippen LogP contribution < -0.4 is 0 Å². The Bertz CT molecular complexity index is 722. The molecule has 4 aliphatic rings. The summed E-state index contributed by atoms with van der Waals surface area (Å²) < 4.78 is 5.94. The second-order valence-corrected chi connectivity index (χ2v) is 9.99. The van der Waals surface area contributed by atoms with Crippen molar-refractivity contribution in [3.8, 4) is 0 Å². The van der Waals surface area contributed by atoms with Gasteiger partial charge in [0.1, 0.15) is 11.9 Å². The first-order valence-corrected chi connectivity index (χ1v) is 10.6. The molecular formula is C23H32O4. The first-order valence-electron chi connectivity index (χ1n) is 10.6. The molecule has 0 amide bonds. The summed E-state index contributed by atoms with van der Waals surface area (Å²) in [7, 11) is 0. The fraction of sp³-hybridized carbons (Fsp3) is 0.783. The van der Waals surface area contributed by atoms with Crippen LogP contribution in [0.1, 0.15) is 72.6 Å². The molecule has 3 saturated carbocycles. The third-order valence-corrected chi connectivity index (χ3v) is 8.68. The van der Waals surface area contributed by atoms with E-state index >= 15 is 0 Å². The Kier molecular flexibility index (Phi) is 4.40. The van der Waals surface area contributed by atoms with Crippen molar-refractivity contribution in [2.75, 3.05) is 0 Å². The lowest BCUT2D eigenvalue weighted by molar-refractivity contribution is -0.176. The summed E-state index contributed by atoms with van der Waals surface area (Å²) in [6.45, 7) is 7.77. The molecule has 0 unspecified atom stereocenters. The standard InChI is InChI=1S/C23H32O4/c1-13(24)18-7-8-19-17-6-5-15-11-16(26)9-10-22(15,3)21(17)20(27-14(2)25)12-23(18,19)4/h11,17-21H,5-10,12H2,1-4H3/t17-,18+,19-,20-,21+,22+,23+/m1/s1. The van der Waals surface area contributed by atoms with E-state index in [1.807, 2.05) is 6.08 Å². The highest BCUT2D eigenvalue weighted by Crippen LogP contribution is 2.67. The van der Waals surface area contributed by atoms with Crippen LogP contribution in [0.3, 0.4) is 0 Å². The van der Waals surface area contributed by atoms with E-state index in [1.54, 1.807) is 6.92 Å². The number of hydrogen-bond acceptors (Lipinski definition) is 4. The van der Waals surface area contributed by atoms with Crippen molar-refractivity contribution in [1.29, 1.82) is 0 Å². The molecule has 4 rings (SSSR count). The number of Topliss-reactive ketones (excluding diaryl/α,β-unsaturated/α-hetero) is 1. The highest BCUT2D eigenvalue weighted by molar-refractivity contribution is 5.91. The van der Waals surface area contributed by atoms with Crippen LogP contribution in [0.2, 0.25) is 0 Å². The second kappa shape index (κ2) is 6.28. The molecule has 148 valence electrons. The van der Waals surface area contributed by atoms with Crippen molar-refractivity contribution < 1.29 is 19.1 Å². The smallest absolute Gasteiger partial charge is 0.302 e. The summed E-state index contributed by atoms with van der Waals surface area (Å²) in [5, 5.41) is 0. The van der Waals surface area contributed by atoms with Crippen molar-refractivity contribution in [3.05, 3.63) is 11.6 Å². The molecule has 0 aromatic heterocycles. The quantitative estimate of drug-likeness (QED) is 0.679. The number of rotatable bonds is 2. The van der Waals surface area contributed by atoms with Crippen LogP contribution in [0.25, 0.3) is 0 Å². The van der Waals surface area contributed by atoms with E-state index < -0.39 is 0 Å². The van der Waals surface area contributed by atoms with Gasteiger partial charge in [0.15, 0.2) is 5.78 Å². The minimum absolute atomic E-state index is 0.0629. The molecular weight excluding hydrogens is 340 g/mol. The van der Waals surface area contributed by atoms with Crippen LogP contribution >= 0.6 is 0 Å². The van der Waals surface area contributed by atoms with E-state index in [-0.39, 0.29) is 46.3 Å². The van der Waals surface area contributed by atoms with E-state index in [1.165, 1.54) is 12.5 Å². The molecule has 0 aromatic rings. The van der Waals surface area contributed by atoms with Crippen LogP contribution in [0.5, 0.6) is 0 Å². The van der Waals surface area contributed by atoms with Gasteiger partial charge in [-0.3, -0.25) is 14.4 Å². The van der Waals surface area contributed by atoms with Crippen molar-refractivity contribution in [1.82, 2.24) is 0 Å². The maximum absolute atomic E-state index is 12.4. The molecule has 0 radical (unpaired) electrons. The summed E-state index contributed by atoms with van der Waals surface area (Å²) in [6, 6.07) is 0. The van der Waals surface area contributed by atoms with Crippen molar-refractivity contribution >= 4 is 17.5 Å². The van der Waals surface area contributed by atoms with Crippen molar-refractivity contribution in [2.24, 2.45) is 34.5 Å². The first-order chi connectivity index (χ1) is 12.7. The van der Waals surface area contributed by atoms with E-state index in [9.17, 15) is 14.4 Å². The fourth-order valence-electron chi connectivity index (χ4n) is 7.64. The van der Waals surface area contributed by atoms with Crippen LogP contribution in [0.15, 0.2) is 11.6 Å². The van der Waals surface area contributed by atoms with Gasteiger partial charge in [-0.1, -0.05) is 19.4 Å². The molecule has 4 aliphatic carbocycles. The Morgan fingerprint density at radius 2 is 1.85 bits per heavy atom. The lowest BCUT2D eigenvalue weighted by atomic mass is 9.46. The molecule has 0 saturated heterocycles. The van der Waals surface area contributed by atoms with Gasteiger partial charge in [-0.25, -0.2) is 0 Å². The van der Waals surface area contributed by atoms with E-state index in [0.29, 0.717) is 18.3 Å². The lowest BCUT2D eigenvalue weighted by Gasteiger charge is -2.60. The van der Waals surface area contributed by atoms with Gasteiger partial charge in [0, 0.05) is 25.2 Å². The zero-order valence-electron chi connectivity index (χ0n) is 17.0. The van der Waals surface area contributed by atoms with Gasteiger partial charge in [0.25, 0.3) is 0 Å². The zero-order valence-corrected chi connectivity index (χ0v) is 17.0. The second-order valence-electron chi connectivity index (χ2n) is 9.99. The van der Waals surface area contributed by atoms with Crippen LogP contribution in [-0.4, -0.2) is 23.6 Å². The first kappa shape index (κ1) is 18.9. The van der Waals surface area contributed by atoms with Gasteiger partial charge >= 0.3 is 5.97 Å². The van der Waals surface area contributed by atoms with Crippen LogP contribution in [0.4, 0.5) is 0 Å². The summed E-state index contributed by atoms with van der Waals surface area (Å²) >= 11 is 0. The molecule has 4 nitrogen and oxygen atoms in total. The number of fused-ring (bicyclic) bond motifs is 5. The third-order valence-electron chi connectivity index (χ3n) is 8.68. The summed E-state index contributed by atoms with van der Waals surface area (Å²) in [5.41, 5.74) is 1.13. The molecule has 0 aliphatic heterocycles. The SMILES string of the molecule is CC(=O)O[C@@H]1C[C@]2(C)[C@H](CC[C@H]2C(C)=O)[C@H]2CCC3=CC(=O)CC[C@]3(C)[C@@H]21. The number of hydrogen-bond donors (Lipinski definition) is 0. The number of esters is 1. The number of ketones is 2. The largest absolute Gasteiger partial charge is 0.462 e. The number of ether oxygens (including phenoxy) is 1. The average molecular weight is 373 g/mol. The maximum Gasteiger partial charge on any atom is 0.302 e. The Hall–Kier alpha value is -1.45. The number of carbonyl (C=O) groups is 3. The molecule has 27 heavy (non-hydrogen) atoms. The van der Waals surface area contributed by atoms with Gasteiger partial charge in [-0.2, -0.15) is 0 Å². The van der Waals surface area contributed by atoms with Gasteiger partial charge in [-0.15, -0.1) is 0 Å². The summed E-state index contributed by atoms with van der Waals surface area (Å²) in [6.07, 6.45) is 8.02. The molecule has 0 bridgehead atoms. The van der Waals surface area contributed by atoms with Crippen molar-refractivity contribution in [2.45, 2.75) is 78.7 Å². The molecule has 0 N–H and O–H groups in total. The van der Waals surface area contributed by atoms with Gasteiger partial charge in [-0.05, 0) is 74.2 Å². The Labute approximate surface area is 162 Å². The minimum Gasteiger partial charge on any atom is -0.462 e. The van der Waals surface area contributed by atoms with E-state index in [2.05, 4.69) is 13.8 Å². The normalized spacial score (nSPS) is 46.0. The monoisotopic (exact) mass is 372 g/mol. The highest BCUT2D eigenvalue weighted by atomic mass is 16.5. The Morgan fingerprint density at radius 3 is 2.52 bits per heavy atom. The topological polar surface area (TPSA) is 60.4 Å². The fourth-order valence-corrected chi connectivity index (χ4v) is 7.64. The number of allylic oxidation sites excluding steroid dienone is 1.